The predicted octanol–water partition coefficient (Wildman–Crippen LogP) is 2.41. The summed E-state index contributed by atoms with van der Waals surface area (Å²) in [6.45, 7) is 4.11. The molecule has 0 fully saturated rings. The Morgan fingerprint density at radius 3 is 2.62 bits per heavy atom. The van der Waals surface area contributed by atoms with Gasteiger partial charge >= 0.3 is 0 Å². The number of aliphatic hydroxyl groups is 1. The Hall–Kier alpha value is -0.720. The highest BCUT2D eigenvalue weighted by molar-refractivity contribution is 5.07. The molecule has 0 heterocycles. The maximum atomic E-state index is 8.19. The van der Waals surface area contributed by atoms with E-state index in [0.29, 0.717) is 0 Å². The first kappa shape index (κ1) is 7.28. The summed E-state index contributed by atoms with van der Waals surface area (Å²) in [4.78, 5) is 0. The van der Waals surface area contributed by atoms with Gasteiger partial charge in [0.25, 0.3) is 0 Å². The van der Waals surface area contributed by atoms with Crippen molar-refractivity contribution in [1.29, 1.82) is 0 Å². The van der Waals surface area contributed by atoms with Gasteiger partial charge in [0.15, 0.2) is 0 Å². The topological polar surface area (TPSA) is 20.2 Å². The monoisotopic (exact) mass is 112 g/mol. The minimum atomic E-state index is 1.04. The molecular weight excluding hydrogens is 100 g/mol. The van der Waals surface area contributed by atoms with Crippen LogP contribution in [0, 0.1) is 0 Å². The zero-order valence-electron chi connectivity index (χ0n) is 5.39. The van der Waals surface area contributed by atoms with Crippen LogP contribution in [0.2, 0.25) is 0 Å². The van der Waals surface area contributed by atoms with Crippen LogP contribution in [0.25, 0.3) is 0 Å². The van der Waals surface area contributed by atoms with Crippen molar-refractivity contribution < 1.29 is 5.11 Å². The van der Waals surface area contributed by atoms with E-state index >= 15 is 0 Å². The summed E-state index contributed by atoms with van der Waals surface area (Å²) in [7, 11) is 0. The van der Waals surface area contributed by atoms with Crippen molar-refractivity contribution in [2.24, 2.45) is 0 Å². The summed E-state index contributed by atoms with van der Waals surface area (Å²) in [5.74, 6) is 0. The third kappa shape index (κ3) is 3.47. The van der Waals surface area contributed by atoms with Gasteiger partial charge in [-0.1, -0.05) is 18.6 Å². The molecule has 0 aliphatic heterocycles. The van der Waals surface area contributed by atoms with Crippen LogP contribution in [0.1, 0.15) is 20.3 Å². The smallest absolute Gasteiger partial charge is 0.0791 e. The molecule has 0 rings (SSSR count). The Morgan fingerprint density at radius 2 is 2.25 bits per heavy atom. The minimum absolute atomic E-state index is 1.04. The van der Waals surface area contributed by atoms with Crippen LogP contribution in [0.4, 0.5) is 0 Å². The second-order valence-electron chi connectivity index (χ2n) is 1.71. The van der Waals surface area contributed by atoms with Crippen molar-refractivity contribution in [2.45, 2.75) is 20.3 Å². The van der Waals surface area contributed by atoms with E-state index in [-0.39, 0.29) is 0 Å². The van der Waals surface area contributed by atoms with Gasteiger partial charge < -0.3 is 5.11 Å². The molecule has 8 heavy (non-hydrogen) atoms. The molecule has 0 aliphatic rings. The van der Waals surface area contributed by atoms with Crippen LogP contribution in [0.3, 0.4) is 0 Å². The first-order valence-corrected chi connectivity index (χ1v) is 2.77. The van der Waals surface area contributed by atoms with Gasteiger partial charge in [-0.05, 0) is 19.4 Å². The Balaban J connectivity index is 3.57. The normalized spacial score (nSPS) is 13.0. The SMILES string of the molecule is CCC(C)=CC=CO. The first-order valence-electron chi connectivity index (χ1n) is 2.77. The summed E-state index contributed by atoms with van der Waals surface area (Å²) in [5.41, 5.74) is 1.27. The molecule has 0 atom stereocenters. The molecule has 0 radical (unpaired) electrons. The summed E-state index contributed by atoms with van der Waals surface area (Å²) >= 11 is 0. The molecule has 0 aromatic rings. The van der Waals surface area contributed by atoms with Crippen molar-refractivity contribution in [1.82, 2.24) is 0 Å². The van der Waals surface area contributed by atoms with E-state index in [1.807, 2.05) is 13.0 Å². The maximum Gasteiger partial charge on any atom is 0.0791 e. The fourth-order valence-electron chi connectivity index (χ4n) is 0.325. The number of hydrogen-bond donors (Lipinski definition) is 1. The molecule has 0 saturated heterocycles. The van der Waals surface area contributed by atoms with E-state index < -0.39 is 0 Å². The third-order valence-electron chi connectivity index (χ3n) is 1.02. The quantitative estimate of drug-likeness (QED) is 0.429. The average Bonchev–Trinajstić information content (AvgIpc) is 1.83. The fraction of sp³-hybridized carbons (Fsp3) is 0.429. The molecule has 1 heteroatoms. The molecule has 0 saturated carbocycles. The van der Waals surface area contributed by atoms with Crippen LogP contribution in [-0.2, 0) is 0 Å². The van der Waals surface area contributed by atoms with Gasteiger partial charge in [0.05, 0.1) is 6.26 Å². The zero-order valence-corrected chi connectivity index (χ0v) is 5.39. The van der Waals surface area contributed by atoms with Gasteiger partial charge in [0, 0.05) is 0 Å². The van der Waals surface area contributed by atoms with Gasteiger partial charge in [-0.2, -0.15) is 0 Å². The van der Waals surface area contributed by atoms with Gasteiger partial charge in [-0.15, -0.1) is 0 Å². The predicted molar refractivity (Wildman–Crippen MR) is 35.8 cm³/mol. The molecule has 0 spiro atoms. The fourth-order valence-corrected chi connectivity index (χ4v) is 0.325. The van der Waals surface area contributed by atoms with E-state index in [2.05, 4.69) is 6.92 Å². The lowest BCUT2D eigenvalue weighted by Crippen LogP contribution is -1.66. The van der Waals surface area contributed by atoms with E-state index in [0.717, 1.165) is 12.7 Å². The van der Waals surface area contributed by atoms with Crippen molar-refractivity contribution in [3.05, 3.63) is 24.0 Å². The standard InChI is InChI=1S/C7H12O/c1-3-7(2)5-4-6-8/h4-6,8H,3H2,1-2H3. The number of aliphatic hydroxyl groups excluding tert-OH is 1. The molecule has 0 aliphatic carbocycles. The van der Waals surface area contributed by atoms with E-state index in [9.17, 15) is 0 Å². The highest BCUT2D eigenvalue weighted by Gasteiger charge is 1.76. The lowest BCUT2D eigenvalue weighted by atomic mass is 10.2. The molecule has 0 bridgehead atoms. The largest absolute Gasteiger partial charge is 0.516 e. The zero-order chi connectivity index (χ0) is 6.41. The van der Waals surface area contributed by atoms with Crippen LogP contribution >= 0.6 is 0 Å². The summed E-state index contributed by atoms with van der Waals surface area (Å²) in [5, 5.41) is 8.19. The van der Waals surface area contributed by atoms with Crippen LogP contribution in [0.5, 0.6) is 0 Å². The summed E-state index contributed by atoms with van der Waals surface area (Å²) in [6.07, 6.45) is 5.60. The van der Waals surface area contributed by atoms with E-state index in [1.54, 1.807) is 6.08 Å². The molecular formula is C7H12O. The number of hydrogen-bond acceptors (Lipinski definition) is 1. The highest BCUT2D eigenvalue weighted by atomic mass is 16.2. The summed E-state index contributed by atoms with van der Waals surface area (Å²) in [6, 6.07) is 0. The third-order valence-corrected chi connectivity index (χ3v) is 1.02. The van der Waals surface area contributed by atoms with E-state index in [1.165, 1.54) is 5.57 Å². The molecule has 0 amide bonds. The first-order chi connectivity index (χ1) is 3.81. The Morgan fingerprint density at radius 1 is 1.62 bits per heavy atom. The Bertz CT molecular complexity index is 101. The molecule has 0 aromatic carbocycles. The second kappa shape index (κ2) is 4.44. The van der Waals surface area contributed by atoms with Gasteiger partial charge in [0.2, 0.25) is 0 Å². The minimum Gasteiger partial charge on any atom is -0.516 e. The highest BCUT2D eigenvalue weighted by Crippen LogP contribution is 1.96. The number of rotatable bonds is 2. The van der Waals surface area contributed by atoms with Crippen molar-refractivity contribution >= 4 is 0 Å². The van der Waals surface area contributed by atoms with Crippen molar-refractivity contribution in [3.8, 4) is 0 Å². The molecule has 46 valence electrons. The summed E-state index contributed by atoms with van der Waals surface area (Å²) < 4.78 is 0. The lowest BCUT2D eigenvalue weighted by molar-refractivity contribution is 0.473. The van der Waals surface area contributed by atoms with Gasteiger partial charge in [-0.3, -0.25) is 0 Å². The Labute approximate surface area is 50.3 Å². The number of allylic oxidation sites excluding steroid dienone is 3. The molecule has 0 unspecified atom stereocenters. The van der Waals surface area contributed by atoms with E-state index in [4.69, 9.17) is 5.11 Å². The van der Waals surface area contributed by atoms with Crippen LogP contribution in [-0.4, -0.2) is 5.11 Å². The lowest BCUT2D eigenvalue weighted by Gasteiger charge is -1.86. The average molecular weight is 112 g/mol. The molecule has 1 nitrogen and oxygen atoms in total. The van der Waals surface area contributed by atoms with Crippen LogP contribution < -0.4 is 0 Å². The van der Waals surface area contributed by atoms with Crippen molar-refractivity contribution in [3.63, 3.8) is 0 Å². The maximum absolute atomic E-state index is 8.19. The van der Waals surface area contributed by atoms with Crippen LogP contribution in [0.15, 0.2) is 24.0 Å². The second-order valence-corrected chi connectivity index (χ2v) is 1.71. The van der Waals surface area contributed by atoms with Crippen molar-refractivity contribution in [2.75, 3.05) is 0 Å². The molecule has 1 N–H and O–H groups in total. The van der Waals surface area contributed by atoms with Gasteiger partial charge in [-0.25, -0.2) is 0 Å². The molecule has 0 aromatic heterocycles. The van der Waals surface area contributed by atoms with Gasteiger partial charge in [0.1, 0.15) is 0 Å². The Kier molecular flexibility index (Phi) is 4.04.